The predicted molar refractivity (Wildman–Crippen MR) is 108 cm³/mol. The third-order valence-electron chi connectivity index (χ3n) is 4.89. The number of aliphatic hydroxyl groups excluding tert-OH is 1. The molecule has 0 saturated carbocycles. The van der Waals surface area contributed by atoms with Crippen LogP contribution in [0, 0.1) is 0 Å². The van der Waals surface area contributed by atoms with Gasteiger partial charge in [0, 0.05) is 24.5 Å². The number of anilines is 1. The molecule has 0 aromatic carbocycles. The van der Waals surface area contributed by atoms with Crippen molar-refractivity contribution in [2.24, 2.45) is 5.73 Å². The molecule has 0 fully saturated rings. The Labute approximate surface area is 172 Å². The second-order valence-electron chi connectivity index (χ2n) is 6.83. The summed E-state index contributed by atoms with van der Waals surface area (Å²) >= 11 is 0. The van der Waals surface area contributed by atoms with Gasteiger partial charge in [-0.3, -0.25) is 19.4 Å². The molecule has 4 rings (SSSR count). The van der Waals surface area contributed by atoms with Crippen LogP contribution in [0.3, 0.4) is 0 Å². The number of pyridine rings is 2. The van der Waals surface area contributed by atoms with E-state index in [9.17, 15) is 9.90 Å². The van der Waals surface area contributed by atoms with Crippen molar-refractivity contribution in [3.63, 3.8) is 0 Å². The molecule has 1 aliphatic rings. The zero-order valence-electron chi connectivity index (χ0n) is 16.6. The van der Waals surface area contributed by atoms with Gasteiger partial charge in [-0.1, -0.05) is 0 Å². The molecule has 10 nitrogen and oxygen atoms in total. The van der Waals surface area contributed by atoms with Gasteiger partial charge in [0.1, 0.15) is 0 Å². The highest BCUT2D eigenvalue weighted by Crippen LogP contribution is 2.32. The molecule has 0 bridgehead atoms. The number of nitrogens with zero attached hydrogens (tertiary/aromatic N) is 5. The number of aromatic nitrogens is 4. The fourth-order valence-corrected chi connectivity index (χ4v) is 3.31. The van der Waals surface area contributed by atoms with Crippen LogP contribution in [0.2, 0.25) is 0 Å². The zero-order valence-corrected chi connectivity index (χ0v) is 16.6. The maximum Gasteiger partial charge on any atom is 0.260 e. The van der Waals surface area contributed by atoms with E-state index in [2.05, 4.69) is 15.1 Å². The van der Waals surface area contributed by atoms with E-state index in [4.69, 9.17) is 15.2 Å². The Morgan fingerprint density at radius 2 is 2.10 bits per heavy atom. The maximum atomic E-state index is 12.8. The normalized spacial score (nSPS) is 14.0. The van der Waals surface area contributed by atoms with Crippen molar-refractivity contribution in [3.8, 4) is 22.9 Å². The van der Waals surface area contributed by atoms with Gasteiger partial charge in [-0.2, -0.15) is 5.10 Å². The molecule has 1 amide bonds. The SMILES string of the molecule is COc1cc(-c2ccc3c(n2)CN(c2cnn(C[C@H](O)CN)c2)C3=O)cnc1OC. The van der Waals surface area contributed by atoms with Gasteiger partial charge in [0.2, 0.25) is 0 Å². The predicted octanol–water partition coefficient (Wildman–Crippen LogP) is 0.837. The van der Waals surface area contributed by atoms with Crippen LogP contribution in [0.5, 0.6) is 11.6 Å². The summed E-state index contributed by atoms with van der Waals surface area (Å²) in [7, 11) is 3.07. The van der Waals surface area contributed by atoms with Gasteiger partial charge in [0.15, 0.2) is 5.75 Å². The van der Waals surface area contributed by atoms with Crippen molar-refractivity contribution >= 4 is 11.6 Å². The van der Waals surface area contributed by atoms with Crippen molar-refractivity contribution in [2.75, 3.05) is 25.7 Å². The standard InChI is InChI=1S/C20H22N6O4/c1-29-18-5-12(7-22-19(18)30-2)16-4-3-15-17(24-16)11-26(20(15)28)13-8-23-25(9-13)10-14(27)6-21/h3-5,7-9,14,27H,6,10-11,21H2,1-2H3/t14-/m1/s1. The topological polar surface area (TPSA) is 129 Å². The summed E-state index contributed by atoms with van der Waals surface area (Å²) in [5.74, 6) is 0.746. The van der Waals surface area contributed by atoms with Gasteiger partial charge in [-0.25, -0.2) is 4.98 Å². The summed E-state index contributed by atoms with van der Waals surface area (Å²) in [6.45, 7) is 0.731. The average Bonchev–Trinajstić information content (AvgIpc) is 3.36. The molecule has 3 aromatic heterocycles. The number of nitrogens with two attached hydrogens (primary N) is 1. The number of rotatable bonds is 7. The number of hydrogen-bond acceptors (Lipinski definition) is 8. The van der Waals surface area contributed by atoms with E-state index in [0.29, 0.717) is 40.8 Å². The molecule has 156 valence electrons. The molecular weight excluding hydrogens is 388 g/mol. The van der Waals surface area contributed by atoms with Gasteiger partial charge in [-0.05, 0) is 18.2 Å². The van der Waals surface area contributed by atoms with Gasteiger partial charge in [-0.15, -0.1) is 0 Å². The van der Waals surface area contributed by atoms with Gasteiger partial charge >= 0.3 is 0 Å². The molecule has 1 aliphatic heterocycles. The molecule has 4 heterocycles. The van der Waals surface area contributed by atoms with Crippen molar-refractivity contribution in [1.82, 2.24) is 19.7 Å². The third kappa shape index (κ3) is 3.58. The highest BCUT2D eigenvalue weighted by Gasteiger charge is 2.31. The fraction of sp³-hybridized carbons (Fsp3) is 0.300. The summed E-state index contributed by atoms with van der Waals surface area (Å²) in [6.07, 6.45) is 4.26. The summed E-state index contributed by atoms with van der Waals surface area (Å²) in [4.78, 5) is 23.4. The number of methoxy groups -OCH3 is 2. The lowest BCUT2D eigenvalue weighted by atomic mass is 10.1. The largest absolute Gasteiger partial charge is 0.491 e. The molecule has 10 heteroatoms. The molecule has 0 spiro atoms. The number of ether oxygens (including phenoxy) is 2. The zero-order chi connectivity index (χ0) is 21.3. The average molecular weight is 410 g/mol. The van der Waals surface area contributed by atoms with E-state index >= 15 is 0 Å². The van der Waals surface area contributed by atoms with Crippen LogP contribution in [0.1, 0.15) is 16.1 Å². The van der Waals surface area contributed by atoms with Crippen LogP contribution in [0.4, 0.5) is 5.69 Å². The van der Waals surface area contributed by atoms with Crippen molar-refractivity contribution in [1.29, 1.82) is 0 Å². The number of hydrogen-bond donors (Lipinski definition) is 2. The number of carbonyl (C=O) groups excluding carboxylic acids is 1. The Kier molecular flexibility index (Phi) is 5.34. The highest BCUT2D eigenvalue weighted by molar-refractivity contribution is 6.09. The number of aliphatic hydroxyl groups is 1. The summed E-state index contributed by atoms with van der Waals surface area (Å²) in [6, 6.07) is 5.34. The van der Waals surface area contributed by atoms with Crippen LogP contribution >= 0.6 is 0 Å². The number of carbonyl (C=O) groups is 1. The Hall–Kier alpha value is -3.50. The minimum atomic E-state index is -0.691. The summed E-state index contributed by atoms with van der Waals surface area (Å²) in [5.41, 5.74) is 8.72. The lowest BCUT2D eigenvalue weighted by Crippen LogP contribution is -2.25. The Morgan fingerprint density at radius 3 is 2.83 bits per heavy atom. The van der Waals surface area contributed by atoms with E-state index in [1.54, 1.807) is 53.5 Å². The second kappa shape index (κ2) is 8.09. The van der Waals surface area contributed by atoms with E-state index in [0.717, 1.165) is 5.56 Å². The second-order valence-corrected chi connectivity index (χ2v) is 6.83. The van der Waals surface area contributed by atoms with Gasteiger partial charge in [0.05, 0.1) is 62.2 Å². The van der Waals surface area contributed by atoms with Crippen LogP contribution in [-0.2, 0) is 13.1 Å². The van der Waals surface area contributed by atoms with Crippen LogP contribution in [0.25, 0.3) is 11.3 Å². The molecule has 0 aliphatic carbocycles. The van der Waals surface area contributed by atoms with E-state index in [-0.39, 0.29) is 19.0 Å². The van der Waals surface area contributed by atoms with Crippen LogP contribution in [0.15, 0.2) is 36.8 Å². The monoisotopic (exact) mass is 410 g/mol. The van der Waals surface area contributed by atoms with Gasteiger partial charge < -0.3 is 20.3 Å². The van der Waals surface area contributed by atoms with Crippen LogP contribution < -0.4 is 20.1 Å². The molecule has 3 aromatic rings. The first-order valence-corrected chi connectivity index (χ1v) is 9.34. The minimum absolute atomic E-state index is 0.140. The van der Waals surface area contributed by atoms with Crippen molar-refractivity contribution in [3.05, 3.63) is 48.0 Å². The first-order valence-electron chi connectivity index (χ1n) is 9.34. The van der Waals surface area contributed by atoms with E-state index in [1.807, 2.05) is 0 Å². The summed E-state index contributed by atoms with van der Waals surface area (Å²) in [5, 5.41) is 13.9. The van der Waals surface area contributed by atoms with E-state index < -0.39 is 6.10 Å². The third-order valence-corrected chi connectivity index (χ3v) is 4.89. The smallest absolute Gasteiger partial charge is 0.260 e. The highest BCUT2D eigenvalue weighted by atomic mass is 16.5. The molecule has 3 N–H and O–H groups in total. The lowest BCUT2D eigenvalue weighted by Gasteiger charge is -2.12. The van der Waals surface area contributed by atoms with Crippen LogP contribution in [-0.4, -0.2) is 57.6 Å². The quantitative estimate of drug-likeness (QED) is 0.586. The van der Waals surface area contributed by atoms with E-state index in [1.165, 1.54) is 7.11 Å². The number of fused-ring (bicyclic) bond motifs is 1. The van der Waals surface area contributed by atoms with Crippen molar-refractivity contribution < 1.29 is 19.4 Å². The Bertz CT molecular complexity index is 1080. The van der Waals surface area contributed by atoms with Gasteiger partial charge in [0.25, 0.3) is 11.8 Å². The molecule has 1 atom stereocenters. The molecule has 0 radical (unpaired) electrons. The minimum Gasteiger partial charge on any atom is -0.491 e. The molecular formula is C20H22N6O4. The van der Waals surface area contributed by atoms with Crippen molar-refractivity contribution in [2.45, 2.75) is 19.2 Å². The maximum absolute atomic E-state index is 12.8. The molecule has 30 heavy (non-hydrogen) atoms. The first-order chi connectivity index (χ1) is 14.5. The fourth-order valence-electron chi connectivity index (χ4n) is 3.31. The lowest BCUT2D eigenvalue weighted by molar-refractivity contribution is 0.0996. The first kappa shape index (κ1) is 19.8. The Morgan fingerprint density at radius 1 is 1.27 bits per heavy atom. The Balaban J connectivity index is 1.59. The molecule has 0 saturated heterocycles. The number of amides is 1. The molecule has 0 unspecified atom stereocenters. The summed E-state index contributed by atoms with van der Waals surface area (Å²) < 4.78 is 12.0.